The molecule has 0 spiro atoms. The molecule has 0 bridgehead atoms. The molecule has 36 heavy (non-hydrogen) atoms. The molecule has 6 nitrogen and oxygen atoms in total. The standard InChI is InChI=1S/C27H34F3N5O/c1-19-8-11-25(35-13-15-36-16-14-35)34-26(32-23-7-4-12-31-20(2)17-23)33-24(19)10-9-21-5-3-6-22(18-21)27(28,29)30/h3,5-6,9-10,17-19,25,31H,4,7-8,11-16H2,1-2H3/b10-9+,32-23?,33-24?,34-26?. The molecule has 9 heteroatoms. The molecule has 0 radical (unpaired) electrons. The lowest BCUT2D eigenvalue weighted by molar-refractivity contribution is -0.137. The van der Waals surface area contributed by atoms with Gasteiger partial charge in [-0.3, -0.25) is 4.90 Å². The Hall–Kier alpha value is -2.78. The number of alkyl halides is 3. The molecule has 1 fully saturated rings. The molecule has 0 aliphatic carbocycles. The van der Waals surface area contributed by atoms with E-state index in [2.05, 4.69) is 17.1 Å². The average molecular weight is 502 g/mol. The van der Waals surface area contributed by atoms with E-state index in [4.69, 9.17) is 19.7 Å². The second kappa shape index (κ2) is 12.0. The van der Waals surface area contributed by atoms with Crippen LogP contribution in [0.15, 0.2) is 57.1 Å². The van der Waals surface area contributed by atoms with Crippen molar-refractivity contribution >= 4 is 23.5 Å². The third-order valence-electron chi connectivity index (χ3n) is 6.62. The fourth-order valence-corrected chi connectivity index (χ4v) is 4.54. The Morgan fingerprint density at radius 2 is 1.97 bits per heavy atom. The number of hydrogen-bond acceptors (Lipinski definition) is 6. The Morgan fingerprint density at radius 3 is 2.75 bits per heavy atom. The van der Waals surface area contributed by atoms with Crippen molar-refractivity contribution in [3.8, 4) is 0 Å². The zero-order valence-electron chi connectivity index (χ0n) is 20.9. The first-order valence-corrected chi connectivity index (χ1v) is 12.6. The number of nitrogens with zero attached hydrogens (tertiary/aromatic N) is 4. The van der Waals surface area contributed by atoms with Crippen LogP contribution in [0.2, 0.25) is 0 Å². The zero-order chi connectivity index (χ0) is 25.5. The lowest BCUT2D eigenvalue weighted by Gasteiger charge is -2.33. The summed E-state index contributed by atoms with van der Waals surface area (Å²) in [6, 6.07) is 5.32. The predicted octanol–water partition coefficient (Wildman–Crippen LogP) is 5.33. The van der Waals surface area contributed by atoms with Crippen molar-refractivity contribution < 1.29 is 17.9 Å². The van der Waals surface area contributed by atoms with Gasteiger partial charge in [-0.1, -0.05) is 25.1 Å². The number of ether oxygens (including phenoxy) is 1. The van der Waals surface area contributed by atoms with Crippen LogP contribution in [0, 0.1) is 5.92 Å². The summed E-state index contributed by atoms with van der Waals surface area (Å²) in [5.74, 6) is 0.525. The van der Waals surface area contributed by atoms with E-state index in [1.807, 2.05) is 13.0 Å². The van der Waals surface area contributed by atoms with Gasteiger partial charge in [0.25, 0.3) is 0 Å². The lowest BCUT2D eigenvalue weighted by Crippen LogP contribution is -2.43. The summed E-state index contributed by atoms with van der Waals surface area (Å²) in [5, 5.41) is 3.36. The number of morpholine rings is 1. The van der Waals surface area contributed by atoms with Crippen LogP contribution in [0.3, 0.4) is 0 Å². The molecule has 2 unspecified atom stereocenters. The van der Waals surface area contributed by atoms with E-state index in [0.29, 0.717) is 24.7 Å². The van der Waals surface area contributed by atoms with Crippen LogP contribution < -0.4 is 5.32 Å². The SMILES string of the molecule is CC1=CC(=NC2=NC(N3CCOCC3)CCC(C)C(/C=C/c3cccc(C(F)(F)F)c3)=N2)CCCN1. The van der Waals surface area contributed by atoms with Gasteiger partial charge in [0, 0.05) is 36.8 Å². The molecule has 1 N–H and O–H groups in total. The fraction of sp³-hybridized carbons (Fsp3) is 0.519. The van der Waals surface area contributed by atoms with Crippen molar-refractivity contribution in [3.05, 3.63) is 53.2 Å². The van der Waals surface area contributed by atoms with Gasteiger partial charge >= 0.3 is 6.18 Å². The van der Waals surface area contributed by atoms with E-state index < -0.39 is 11.7 Å². The summed E-state index contributed by atoms with van der Waals surface area (Å²) in [5.41, 5.74) is 2.57. The summed E-state index contributed by atoms with van der Waals surface area (Å²) in [6.45, 7) is 8.03. The van der Waals surface area contributed by atoms with Gasteiger partial charge in [0.05, 0.1) is 18.8 Å². The molecular weight excluding hydrogens is 467 g/mol. The smallest absolute Gasteiger partial charge is 0.389 e. The topological polar surface area (TPSA) is 61.6 Å². The number of guanidine groups is 1. The maximum Gasteiger partial charge on any atom is 0.416 e. The average Bonchev–Trinajstić information content (AvgIpc) is 3.06. The van der Waals surface area contributed by atoms with Gasteiger partial charge in [-0.25, -0.2) is 15.0 Å². The molecule has 0 amide bonds. The van der Waals surface area contributed by atoms with E-state index >= 15 is 0 Å². The number of halogens is 3. The van der Waals surface area contributed by atoms with Crippen LogP contribution in [0.4, 0.5) is 13.2 Å². The van der Waals surface area contributed by atoms with E-state index in [0.717, 1.165) is 74.6 Å². The zero-order valence-corrected chi connectivity index (χ0v) is 20.9. The minimum absolute atomic E-state index is 0.0255. The first-order chi connectivity index (χ1) is 17.3. The van der Waals surface area contributed by atoms with Crippen LogP contribution in [0.5, 0.6) is 0 Å². The summed E-state index contributed by atoms with van der Waals surface area (Å²) in [4.78, 5) is 17.0. The van der Waals surface area contributed by atoms with Crippen molar-refractivity contribution in [1.82, 2.24) is 10.2 Å². The molecule has 3 aliphatic rings. The van der Waals surface area contributed by atoms with E-state index in [1.54, 1.807) is 18.2 Å². The third-order valence-corrected chi connectivity index (χ3v) is 6.62. The van der Waals surface area contributed by atoms with Crippen molar-refractivity contribution in [2.45, 2.75) is 51.9 Å². The fourth-order valence-electron chi connectivity index (χ4n) is 4.54. The Kier molecular flexibility index (Phi) is 8.74. The highest BCUT2D eigenvalue weighted by molar-refractivity contribution is 6.10. The van der Waals surface area contributed by atoms with Crippen molar-refractivity contribution in [2.24, 2.45) is 20.9 Å². The molecule has 1 saturated heterocycles. The Balaban J connectivity index is 1.68. The van der Waals surface area contributed by atoms with Gasteiger partial charge in [-0.2, -0.15) is 13.2 Å². The molecule has 1 aromatic carbocycles. The number of nitrogens with one attached hydrogen (secondary N) is 1. The highest BCUT2D eigenvalue weighted by atomic mass is 19.4. The van der Waals surface area contributed by atoms with E-state index in [1.165, 1.54) is 6.07 Å². The molecule has 3 heterocycles. The first kappa shape index (κ1) is 26.3. The van der Waals surface area contributed by atoms with Crippen LogP contribution in [-0.2, 0) is 10.9 Å². The monoisotopic (exact) mass is 501 g/mol. The van der Waals surface area contributed by atoms with Gasteiger partial charge in [0.15, 0.2) is 0 Å². The van der Waals surface area contributed by atoms with Crippen LogP contribution in [-0.4, -0.2) is 61.3 Å². The summed E-state index contributed by atoms with van der Waals surface area (Å²) in [6.07, 6.45) is 4.64. The van der Waals surface area contributed by atoms with Crippen LogP contribution in [0.1, 0.15) is 50.7 Å². The molecule has 194 valence electrons. The second-order valence-electron chi connectivity index (χ2n) is 9.49. The molecule has 0 saturated carbocycles. The lowest BCUT2D eigenvalue weighted by atomic mass is 9.96. The van der Waals surface area contributed by atoms with Crippen molar-refractivity contribution in [3.63, 3.8) is 0 Å². The second-order valence-corrected chi connectivity index (χ2v) is 9.49. The van der Waals surface area contributed by atoms with Gasteiger partial charge < -0.3 is 10.1 Å². The maximum absolute atomic E-state index is 13.1. The summed E-state index contributed by atoms with van der Waals surface area (Å²) in [7, 11) is 0. The summed E-state index contributed by atoms with van der Waals surface area (Å²) < 4.78 is 45.0. The number of benzene rings is 1. The van der Waals surface area contributed by atoms with Crippen molar-refractivity contribution in [2.75, 3.05) is 32.8 Å². The highest BCUT2D eigenvalue weighted by Gasteiger charge is 2.30. The summed E-state index contributed by atoms with van der Waals surface area (Å²) >= 11 is 0. The van der Waals surface area contributed by atoms with Gasteiger partial charge in [-0.05, 0) is 68.4 Å². The Bertz CT molecular complexity index is 1070. The molecule has 0 aromatic heterocycles. The largest absolute Gasteiger partial charge is 0.416 e. The maximum atomic E-state index is 13.1. The number of aliphatic imine (C=N–C) groups is 3. The third kappa shape index (κ3) is 7.36. The first-order valence-electron chi connectivity index (χ1n) is 12.6. The molecular formula is C27H34F3N5O. The van der Waals surface area contributed by atoms with Crippen molar-refractivity contribution in [1.29, 1.82) is 0 Å². The quantitative estimate of drug-likeness (QED) is 0.609. The molecule has 3 aliphatic heterocycles. The van der Waals surface area contributed by atoms with Gasteiger partial charge in [0.1, 0.15) is 6.17 Å². The van der Waals surface area contributed by atoms with E-state index in [9.17, 15) is 13.2 Å². The minimum Gasteiger partial charge on any atom is -0.389 e. The number of rotatable bonds is 3. The van der Waals surface area contributed by atoms with E-state index in [-0.39, 0.29) is 12.1 Å². The highest BCUT2D eigenvalue weighted by Crippen LogP contribution is 2.30. The molecule has 2 atom stereocenters. The Morgan fingerprint density at radius 1 is 1.17 bits per heavy atom. The normalized spacial score (nSPS) is 25.9. The molecule has 1 aromatic rings. The van der Waals surface area contributed by atoms with Gasteiger partial charge in [0.2, 0.25) is 5.96 Å². The van der Waals surface area contributed by atoms with Gasteiger partial charge in [-0.15, -0.1) is 0 Å². The van der Waals surface area contributed by atoms with Crippen LogP contribution >= 0.6 is 0 Å². The Labute approximate surface area is 210 Å². The predicted molar refractivity (Wildman–Crippen MR) is 138 cm³/mol. The number of allylic oxidation sites excluding steroid dienone is 3. The van der Waals surface area contributed by atoms with Crippen LogP contribution in [0.25, 0.3) is 6.08 Å². The molecule has 4 rings (SSSR count). The number of hydrogen-bond donors (Lipinski definition) is 1. The minimum atomic E-state index is -4.38.